The zero-order valence-corrected chi connectivity index (χ0v) is 13.2. The average molecular weight is 297 g/mol. The molecular formula is C15H23NO5. The number of methoxy groups -OCH3 is 3. The topological polar surface area (TPSA) is 66.0 Å². The number of carbonyl (C=O) groups is 1. The molecule has 0 fully saturated rings. The van der Waals surface area contributed by atoms with Crippen molar-refractivity contribution in [2.24, 2.45) is 0 Å². The van der Waals surface area contributed by atoms with Crippen LogP contribution in [-0.4, -0.2) is 39.9 Å². The third-order valence-electron chi connectivity index (χ3n) is 3.03. The molecule has 1 aromatic carbocycles. The maximum atomic E-state index is 11.6. The second kappa shape index (κ2) is 8.36. The van der Waals surface area contributed by atoms with Crippen LogP contribution in [0.15, 0.2) is 12.1 Å². The molecule has 0 spiro atoms. The van der Waals surface area contributed by atoms with Crippen LogP contribution in [0.3, 0.4) is 0 Å². The first-order valence-corrected chi connectivity index (χ1v) is 6.76. The molecule has 0 heterocycles. The minimum Gasteiger partial charge on any atom is -0.496 e. The molecule has 0 saturated carbocycles. The highest BCUT2D eigenvalue weighted by Gasteiger charge is 2.16. The van der Waals surface area contributed by atoms with Crippen LogP contribution in [0.4, 0.5) is 0 Å². The van der Waals surface area contributed by atoms with Crippen LogP contribution in [0.25, 0.3) is 0 Å². The summed E-state index contributed by atoms with van der Waals surface area (Å²) in [5.74, 6) is 1.59. The average Bonchev–Trinajstić information content (AvgIpc) is 2.51. The Morgan fingerprint density at radius 1 is 1.10 bits per heavy atom. The quantitative estimate of drug-likeness (QED) is 0.738. The fraction of sp³-hybridized carbons (Fsp3) is 0.533. The van der Waals surface area contributed by atoms with Crippen molar-refractivity contribution in [3.63, 3.8) is 0 Å². The predicted molar refractivity (Wildman–Crippen MR) is 79.0 cm³/mol. The van der Waals surface area contributed by atoms with Crippen molar-refractivity contribution in [3.8, 4) is 17.2 Å². The lowest BCUT2D eigenvalue weighted by atomic mass is 10.1. The molecule has 0 bridgehead atoms. The maximum absolute atomic E-state index is 11.6. The van der Waals surface area contributed by atoms with Crippen LogP contribution in [0.1, 0.15) is 19.4 Å². The van der Waals surface area contributed by atoms with Crippen LogP contribution in [0.5, 0.6) is 17.2 Å². The Labute approximate surface area is 125 Å². The Hall–Kier alpha value is -1.95. The smallest absolute Gasteiger partial charge is 0.322 e. The lowest BCUT2D eigenvalue weighted by molar-refractivity contribution is -0.145. The fourth-order valence-corrected chi connectivity index (χ4v) is 1.84. The summed E-state index contributed by atoms with van der Waals surface area (Å²) in [5, 5.41) is 3.10. The molecule has 0 amide bonds. The highest BCUT2D eigenvalue weighted by atomic mass is 16.5. The van der Waals surface area contributed by atoms with Crippen LogP contribution < -0.4 is 19.5 Å². The molecule has 118 valence electrons. The summed E-state index contributed by atoms with van der Waals surface area (Å²) < 4.78 is 20.8. The first-order chi connectivity index (χ1) is 10.1. The second-order valence-corrected chi connectivity index (χ2v) is 4.37. The summed E-state index contributed by atoms with van der Waals surface area (Å²) in [6.45, 7) is 4.35. The molecule has 1 aromatic rings. The SMILES string of the molecule is CCOC(=O)C(C)NCc1cc(OC)c(OC)cc1OC. The van der Waals surface area contributed by atoms with Gasteiger partial charge in [-0.2, -0.15) is 0 Å². The van der Waals surface area contributed by atoms with Gasteiger partial charge in [0.1, 0.15) is 11.8 Å². The van der Waals surface area contributed by atoms with E-state index >= 15 is 0 Å². The lowest BCUT2D eigenvalue weighted by Gasteiger charge is -2.16. The predicted octanol–water partition coefficient (Wildman–Crippen LogP) is 1.75. The van der Waals surface area contributed by atoms with E-state index in [0.717, 1.165) is 5.56 Å². The molecule has 1 N–H and O–H groups in total. The van der Waals surface area contributed by atoms with E-state index in [1.807, 2.05) is 6.07 Å². The molecule has 0 aliphatic rings. The normalized spacial score (nSPS) is 11.7. The standard InChI is InChI=1S/C15H23NO5/c1-6-21-15(17)10(2)16-9-11-7-13(19-4)14(20-5)8-12(11)18-3/h7-8,10,16H,6,9H2,1-5H3. The minimum atomic E-state index is -0.400. The first kappa shape index (κ1) is 17.1. The Bertz CT molecular complexity index is 475. The van der Waals surface area contributed by atoms with Gasteiger partial charge in [-0.1, -0.05) is 0 Å². The van der Waals surface area contributed by atoms with E-state index in [1.165, 1.54) is 0 Å². The van der Waals surface area contributed by atoms with Gasteiger partial charge in [0.05, 0.1) is 27.9 Å². The summed E-state index contributed by atoms with van der Waals surface area (Å²) in [7, 11) is 4.72. The maximum Gasteiger partial charge on any atom is 0.322 e. The Balaban J connectivity index is 2.84. The zero-order chi connectivity index (χ0) is 15.8. The van der Waals surface area contributed by atoms with Gasteiger partial charge >= 0.3 is 5.97 Å². The summed E-state index contributed by atoms with van der Waals surface area (Å²) >= 11 is 0. The third kappa shape index (κ3) is 4.53. The molecule has 21 heavy (non-hydrogen) atoms. The van der Waals surface area contributed by atoms with Crippen LogP contribution in [0.2, 0.25) is 0 Å². The van der Waals surface area contributed by atoms with Gasteiger partial charge in [-0.3, -0.25) is 4.79 Å². The minimum absolute atomic E-state index is 0.281. The molecule has 1 atom stereocenters. The molecule has 1 rings (SSSR count). The number of esters is 1. The Morgan fingerprint density at radius 3 is 2.19 bits per heavy atom. The molecule has 6 nitrogen and oxygen atoms in total. The van der Waals surface area contributed by atoms with Gasteiger partial charge in [0.25, 0.3) is 0 Å². The van der Waals surface area contributed by atoms with Gasteiger partial charge in [-0.05, 0) is 19.9 Å². The molecule has 0 aliphatic heterocycles. The second-order valence-electron chi connectivity index (χ2n) is 4.37. The van der Waals surface area contributed by atoms with Gasteiger partial charge in [0, 0.05) is 18.2 Å². The molecule has 6 heteroatoms. The van der Waals surface area contributed by atoms with Gasteiger partial charge in [0.15, 0.2) is 11.5 Å². The Morgan fingerprint density at radius 2 is 1.67 bits per heavy atom. The number of hydrogen-bond donors (Lipinski definition) is 1. The van der Waals surface area contributed by atoms with Crippen molar-refractivity contribution in [2.75, 3.05) is 27.9 Å². The number of ether oxygens (including phenoxy) is 4. The van der Waals surface area contributed by atoms with Crippen molar-refractivity contribution in [1.82, 2.24) is 5.32 Å². The number of hydrogen-bond acceptors (Lipinski definition) is 6. The summed E-state index contributed by atoms with van der Waals surface area (Å²) in [4.78, 5) is 11.6. The van der Waals surface area contributed by atoms with E-state index in [9.17, 15) is 4.79 Å². The van der Waals surface area contributed by atoms with E-state index < -0.39 is 6.04 Å². The van der Waals surface area contributed by atoms with E-state index in [0.29, 0.717) is 30.4 Å². The molecule has 0 aliphatic carbocycles. The molecule has 0 radical (unpaired) electrons. The van der Waals surface area contributed by atoms with Crippen molar-refractivity contribution in [3.05, 3.63) is 17.7 Å². The Kier molecular flexibility index (Phi) is 6.81. The van der Waals surface area contributed by atoms with Crippen LogP contribution >= 0.6 is 0 Å². The van der Waals surface area contributed by atoms with Gasteiger partial charge in [-0.15, -0.1) is 0 Å². The van der Waals surface area contributed by atoms with Gasteiger partial charge < -0.3 is 24.3 Å². The van der Waals surface area contributed by atoms with Crippen molar-refractivity contribution in [2.45, 2.75) is 26.4 Å². The number of rotatable bonds is 8. The fourth-order valence-electron chi connectivity index (χ4n) is 1.84. The zero-order valence-electron chi connectivity index (χ0n) is 13.2. The van der Waals surface area contributed by atoms with E-state index in [2.05, 4.69) is 5.32 Å². The number of carbonyl (C=O) groups excluding carboxylic acids is 1. The summed E-state index contributed by atoms with van der Waals surface area (Å²) in [6, 6.07) is 3.18. The van der Waals surface area contributed by atoms with Crippen molar-refractivity contribution in [1.29, 1.82) is 0 Å². The lowest BCUT2D eigenvalue weighted by Crippen LogP contribution is -2.35. The first-order valence-electron chi connectivity index (χ1n) is 6.76. The number of benzene rings is 1. The van der Waals surface area contributed by atoms with Crippen molar-refractivity contribution < 1.29 is 23.7 Å². The number of nitrogens with one attached hydrogen (secondary N) is 1. The molecule has 0 saturated heterocycles. The van der Waals surface area contributed by atoms with E-state index in [4.69, 9.17) is 18.9 Å². The third-order valence-corrected chi connectivity index (χ3v) is 3.03. The highest BCUT2D eigenvalue weighted by Crippen LogP contribution is 2.34. The van der Waals surface area contributed by atoms with Gasteiger partial charge in [-0.25, -0.2) is 0 Å². The molecular weight excluding hydrogens is 274 g/mol. The van der Waals surface area contributed by atoms with Crippen LogP contribution in [0, 0.1) is 0 Å². The molecule has 1 unspecified atom stereocenters. The highest BCUT2D eigenvalue weighted by molar-refractivity contribution is 5.75. The van der Waals surface area contributed by atoms with E-state index in [1.54, 1.807) is 41.2 Å². The van der Waals surface area contributed by atoms with Crippen molar-refractivity contribution >= 4 is 5.97 Å². The monoisotopic (exact) mass is 297 g/mol. The largest absolute Gasteiger partial charge is 0.496 e. The summed E-state index contributed by atoms with van der Waals surface area (Å²) in [5.41, 5.74) is 0.867. The summed E-state index contributed by atoms with van der Waals surface area (Å²) in [6.07, 6.45) is 0. The van der Waals surface area contributed by atoms with E-state index in [-0.39, 0.29) is 5.97 Å². The van der Waals surface area contributed by atoms with Gasteiger partial charge in [0.2, 0.25) is 0 Å². The van der Waals surface area contributed by atoms with Crippen LogP contribution in [-0.2, 0) is 16.1 Å². The molecule has 0 aromatic heterocycles.